The fourth-order valence-electron chi connectivity index (χ4n) is 2.71. The molecular formula is C14H25NO3. The summed E-state index contributed by atoms with van der Waals surface area (Å²) in [5, 5.41) is 12.0. The van der Waals surface area contributed by atoms with Crippen LogP contribution in [0, 0.1) is 5.92 Å². The molecule has 1 atom stereocenters. The second-order valence-electron chi connectivity index (χ2n) is 5.59. The van der Waals surface area contributed by atoms with Gasteiger partial charge >= 0.3 is 5.97 Å². The third-order valence-corrected chi connectivity index (χ3v) is 3.88. The van der Waals surface area contributed by atoms with Crippen molar-refractivity contribution in [3.05, 3.63) is 0 Å². The number of rotatable bonds is 7. The lowest BCUT2D eigenvalue weighted by Gasteiger charge is -2.30. The molecule has 1 rings (SSSR count). The summed E-state index contributed by atoms with van der Waals surface area (Å²) in [7, 11) is 0. The smallest absolute Gasteiger partial charge is 0.305 e. The van der Waals surface area contributed by atoms with Gasteiger partial charge in [-0.1, -0.05) is 39.5 Å². The number of unbranched alkanes of at least 4 members (excludes halogenated alkanes) is 1. The summed E-state index contributed by atoms with van der Waals surface area (Å²) in [6, 6.07) is 0. The Morgan fingerprint density at radius 3 is 2.44 bits per heavy atom. The molecule has 1 aliphatic rings. The monoisotopic (exact) mass is 255 g/mol. The predicted octanol–water partition coefficient (Wildman–Crippen LogP) is 2.72. The maximum Gasteiger partial charge on any atom is 0.305 e. The third kappa shape index (κ3) is 4.31. The average Bonchev–Trinajstić information content (AvgIpc) is 2.72. The van der Waals surface area contributed by atoms with Gasteiger partial charge in [0.1, 0.15) is 0 Å². The predicted molar refractivity (Wildman–Crippen MR) is 70.3 cm³/mol. The molecule has 0 heterocycles. The van der Waals surface area contributed by atoms with Gasteiger partial charge in [-0.25, -0.2) is 0 Å². The molecule has 1 aliphatic carbocycles. The molecule has 0 aliphatic heterocycles. The van der Waals surface area contributed by atoms with E-state index in [4.69, 9.17) is 5.11 Å². The van der Waals surface area contributed by atoms with E-state index in [0.717, 1.165) is 44.9 Å². The molecule has 0 saturated heterocycles. The van der Waals surface area contributed by atoms with Crippen molar-refractivity contribution in [2.45, 2.75) is 70.8 Å². The first-order chi connectivity index (χ1) is 8.49. The summed E-state index contributed by atoms with van der Waals surface area (Å²) >= 11 is 0. The Morgan fingerprint density at radius 1 is 1.33 bits per heavy atom. The standard InChI is InChI=1S/C14H25NO3/c1-3-4-7-11(2)13(18)15-14(10-12(16)17)8-5-6-9-14/h11H,3-10H2,1-2H3,(H,15,18)(H,16,17). The SMILES string of the molecule is CCCCC(C)C(=O)NC1(CC(=O)O)CCCC1. The molecule has 0 bridgehead atoms. The van der Waals surface area contributed by atoms with Gasteiger partial charge in [0.2, 0.25) is 5.91 Å². The van der Waals surface area contributed by atoms with Gasteiger partial charge in [-0.15, -0.1) is 0 Å². The maximum absolute atomic E-state index is 12.1. The highest BCUT2D eigenvalue weighted by Gasteiger charge is 2.38. The topological polar surface area (TPSA) is 66.4 Å². The van der Waals surface area contributed by atoms with Crippen LogP contribution in [-0.2, 0) is 9.59 Å². The van der Waals surface area contributed by atoms with Crippen molar-refractivity contribution in [1.29, 1.82) is 0 Å². The Balaban J connectivity index is 2.55. The number of aliphatic carboxylic acids is 1. The van der Waals surface area contributed by atoms with Gasteiger partial charge in [0.15, 0.2) is 0 Å². The Kier molecular flexibility index (Phi) is 5.63. The first kappa shape index (κ1) is 15.0. The largest absolute Gasteiger partial charge is 0.481 e. The lowest BCUT2D eigenvalue weighted by molar-refractivity contribution is -0.139. The van der Waals surface area contributed by atoms with E-state index in [9.17, 15) is 9.59 Å². The number of carbonyl (C=O) groups excluding carboxylic acids is 1. The van der Waals surface area contributed by atoms with Gasteiger partial charge < -0.3 is 10.4 Å². The van der Waals surface area contributed by atoms with Gasteiger partial charge in [-0.3, -0.25) is 9.59 Å². The minimum absolute atomic E-state index is 0.0174. The quantitative estimate of drug-likeness (QED) is 0.735. The highest BCUT2D eigenvalue weighted by molar-refractivity contribution is 5.80. The van der Waals surface area contributed by atoms with Crippen molar-refractivity contribution in [3.8, 4) is 0 Å². The number of carboxylic acid groups (broad SMARTS) is 1. The first-order valence-electron chi connectivity index (χ1n) is 7.03. The van der Waals surface area contributed by atoms with E-state index in [0.29, 0.717) is 0 Å². The summed E-state index contributed by atoms with van der Waals surface area (Å²) < 4.78 is 0. The second kappa shape index (κ2) is 6.76. The Hall–Kier alpha value is -1.06. The van der Waals surface area contributed by atoms with Crippen LogP contribution in [0.5, 0.6) is 0 Å². The average molecular weight is 255 g/mol. The van der Waals surface area contributed by atoms with Crippen LogP contribution in [0.3, 0.4) is 0 Å². The molecule has 1 saturated carbocycles. The number of nitrogens with one attached hydrogen (secondary N) is 1. The van der Waals surface area contributed by atoms with Crippen LogP contribution in [0.15, 0.2) is 0 Å². The zero-order chi connectivity index (χ0) is 13.6. The summed E-state index contributed by atoms with van der Waals surface area (Å²) in [6.45, 7) is 4.03. The van der Waals surface area contributed by atoms with E-state index >= 15 is 0 Å². The van der Waals surface area contributed by atoms with Crippen LogP contribution in [0.25, 0.3) is 0 Å². The van der Waals surface area contributed by atoms with Gasteiger partial charge in [-0.2, -0.15) is 0 Å². The van der Waals surface area contributed by atoms with Crippen LogP contribution in [0.1, 0.15) is 65.2 Å². The normalized spacial score (nSPS) is 19.4. The second-order valence-corrected chi connectivity index (χ2v) is 5.59. The summed E-state index contributed by atoms with van der Waals surface area (Å²) in [5.41, 5.74) is -0.483. The summed E-state index contributed by atoms with van der Waals surface area (Å²) in [5.74, 6) is -0.818. The molecule has 0 aromatic carbocycles. The number of amides is 1. The molecule has 0 aromatic rings. The van der Waals surface area contributed by atoms with E-state index in [1.54, 1.807) is 0 Å². The van der Waals surface area contributed by atoms with E-state index in [1.165, 1.54) is 0 Å². The van der Waals surface area contributed by atoms with Crippen molar-refractivity contribution in [3.63, 3.8) is 0 Å². The third-order valence-electron chi connectivity index (χ3n) is 3.88. The fraction of sp³-hybridized carbons (Fsp3) is 0.857. The lowest BCUT2D eigenvalue weighted by atomic mass is 9.91. The van der Waals surface area contributed by atoms with Gasteiger partial charge in [0.25, 0.3) is 0 Å². The van der Waals surface area contributed by atoms with Crippen LogP contribution < -0.4 is 5.32 Å². The number of hydrogen-bond acceptors (Lipinski definition) is 2. The minimum atomic E-state index is -0.821. The van der Waals surface area contributed by atoms with Gasteiger partial charge in [-0.05, 0) is 19.3 Å². The van der Waals surface area contributed by atoms with Crippen molar-refractivity contribution in [2.75, 3.05) is 0 Å². The lowest BCUT2D eigenvalue weighted by Crippen LogP contribution is -2.49. The molecule has 0 aromatic heterocycles. The minimum Gasteiger partial charge on any atom is -0.481 e. The molecule has 0 spiro atoms. The van der Waals surface area contributed by atoms with Crippen LogP contribution >= 0.6 is 0 Å². The van der Waals surface area contributed by atoms with E-state index < -0.39 is 11.5 Å². The van der Waals surface area contributed by atoms with E-state index in [2.05, 4.69) is 12.2 Å². The molecule has 1 unspecified atom stereocenters. The highest BCUT2D eigenvalue weighted by Crippen LogP contribution is 2.33. The molecule has 4 heteroatoms. The van der Waals surface area contributed by atoms with Crippen LogP contribution in [0.2, 0.25) is 0 Å². The van der Waals surface area contributed by atoms with Gasteiger partial charge in [0.05, 0.1) is 12.0 Å². The first-order valence-corrected chi connectivity index (χ1v) is 7.03. The van der Waals surface area contributed by atoms with E-state index in [-0.39, 0.29) is 18.2 Å². The van der Waals surface area contributed by atoms with Crippen molar-refractivity contribution >= 4 is 11.9 Å². The Morgan fingerprint density at radius 2 is 1.94 bits per heavy atom. The zero-order valence-corrected chi connectivity index (χ0v) is 11.5. The summed E-state index contributed by atoms with van der Waals surface area (Å²) in [4.78, 5) is 23.0. The van der Waals surface area contributed by atoms with Crippen molar-refractivity contribution in [1.82, 2.24) is 5.32 Å². The molecule has 0 radical (unpaired) electrons. The molecule has 2 N–H and O–H groups in total. The van der Waals surface area contributed by atoms with Gasteiger partial charge in [0, 0.05) is 5.92 Å². The molecule has 1 fully saturated rings. The van der Waals surface area contributed by atoms with E-state index in [1.807, 2.05) is 6.92 Å². The van der Waals surface area contributed by atoms with Crippen molar-refractivity contribution < 1.29 is 14.7 Å². The van der Waals surface area contributed by atoms with Crippen LogP contribution in [0.4, 0.5) is 0 Å². The number of carbonyl (C=O) groups is 2. The van der Waals surface area contributed by atoms with Crippen molar-refractivity contribution in [2.24, 2.45) is 5.92 Å². The number of hydrogen-bond donors (Lipinski definition) is 2. The van der Waals surface area contributed by atoms with Crippen LogP contribution in [-0.4, -0.2) is 22.5 Å². The summed E-state index contributed by atoms with van der Waals surface area (Å²) in [6.07, 6.45) is 6.67. The molecular weight excluding hydrogens is 230 g/mol. The maximum atomic E-state index is 12.1. The molecule has 104 valence electrons. The fourth-order valence-corrected chi connectivity index (χ4v) is 2.71. The highest BCUT2D eigenvalue weighted by atomic mass is 16.4. The molecule has 18 heavy (non-hydrogen) atoms. The Labute approximate surface area is 109 Å². The zero-order valence-electron chi connectivity index (χ0n) is 11.5. The molecule has 1 amide bonds. The Bertz CT molecular complexity index is 295. The molecule has 4 nitrogen and oxygen atoms in total. The number of carboxylic acids is 1.